The number of anilines is 1. The fourth-order valence-corrected chi connectivity index (χ4v) is 2.57. The maximum Gasteiger partial charge on any atom is 0.251 e. The number of rotatable bonds is 4. The molecule has 1 fully saturated rings. The normalized spacial score (nSPS) is 22.4. The number of nitrogen functional groups attached to an aromatic ring is 1. The summed E-state index contributed by atoms with van der Waals surface area (Å²) in [6.45, 7) is 3.47. The Morgan fingerprint density at radius 3 is 3.11 bits per heavy atom. The first-order valence-electron chi connectivity index (χ1n) is 6.43. The van der Waals surface area contributed by atoms with Gasteiger partial charge in [0, 0.05) is 24.6 Å². The Morgan fingerprint density at radius 1 is 1.63 bits per heavy atom. The molecule has 2 atom stereocenters. The molecule has 2 unspecified atom stereocenters. The van der Waals surface area contributed by atoms with E-state index < -0.39 is 0 Å². The van der Waals surface area contributed by atoms with E-state index in [9.17, 15) is 4.79 Å². The predicted molar refractivity (Wildman–Crippen MR) is 74.1 cm³/mol. The molecule has 1 aromatic rings. The summed E-state index contributed by atoms with van der Waals surface area (Å²) in [5.74, 6) is 0.439. The van der Waals surface area contributed by atoms with Crippen molar-refractivity contribution in [1.29, 1.82) is 0 Å². The minimum absolute atomic E-state index is 0.183. The van der Waals surface area contributed by atoms with Gasteiger partial charge in [-0.25, -0.2) is 4.98 Å². The van der Waals surface area contributed by atoms with E-state index >= 15 is 0 Å². The second-order valence-electron chi connectivity index (χ2n) is 4.68. The van der Waals surface area contributed by atoms with E-state index in [-0.39, 0.29) is 23.0 Å². The zero-order chi connectivity index (χ0) is 13.8. The van der Waals surface area contributed by atoms with Crippen LogP contribution in [0.4, 0.5) is 5.82 Å². The highest BCUT2D eigenvalue weighted by atomic mass is 35.5. The molecule has 2 rings (SSSR count). The second kappa shape index (κ2) is 6.21. The molecule has 0 radical (unpaired) electrons. The Kier molecular flexibility index (Phi) is 4.61. The van der Waals surface area contributed by atoms with Crippen molar-refractivity contribution in [2.45, 2.75) is 25.9 Å². The van der Waals surface area contributed by atoms with E-state index in [1.54, 1.807) is 0 Å². The number of nitrogens with zero attached hydrogens (tertiary/aromatic N) is 1. The van der Waals surface area contributed by atoms with E-state index in [1.807, 2.05) is 0 Å². The van der Waals surface area contributed by atoms with Crippen LogP contribution in [0.3, 0.4) is 0 Å². The monoisotopic (exact) mass is 283 g/mol. The molecule has 0 aliphatic carbocycles. The molecule has 0 saturated carbocycles. The molecule has 1 aliphatic rings. The van der Waals surface area contributed by atoms with Gasteiger partial charge in [-0.3, -0.25) is 4.79 Å². The molecule has 6 heteroatoms. The average Bonchev–Trinajstić information content (AvgIpc) is 2.82. The summed E-state index contributed by atoms with van der Waals surface area (Å²) in [6.07, 6.45) is 2.19. The highest BCUT2D eigenvalue weighted by molar-refractivity contribution is 6.29. The smallest absolute Gasteiger partial charge is 0.251 e. The van der Waals surface area contributed by atoms with Crippen molar-refractivity contribution in [2.24, 2.45) is 5.92 Å². The first kappa shape index (κ1) is 14.1. The highest BCUT2D eigenvalue weighted by Gasteiger charge is 2.26. The first-order valence-corrected chi connectivity index (χ1v) is 6.80. The summed E-state index contributed by atoms with van der Waals surface area (Å²) in [4.78, 5) is 15.8. The van der Waals surface area contributed by atoms with Gasteiger partial charge in [0.2, 0.25) is 0 Å². The lowest BCUT2D eigenvalue weighted by molar-refractivity contribution is 0.0827. The number of hydrogen-bond acceptors (Lipinski definition) is 4. The van der Waals surface area contributed by atoms with Crippen LogP contribution in [0.1, 0.15) is 30.1 Å². The number of halogens is 1. The number of nitrogens with two attached hydrogens (primary N) is 1. The molecule has 1 aliphatic heterocycles. The van der Waals surface area contributed by atoms with Crippen molar-refractivity contribution in [2.75, 3.05) is 18.9 Å². The number of ether oxygens (including phenoxy) is 1. The fourth-order valence-electron chi connectivity index (χ4n) is 2.35. The second-order valence-corrected chi connectivity index (χ2v) is 5.07. The van der Waals surface area contributed by atoms with Gasteiger partial charge in [-0.1, -0.05) is 18.5 Å². The topological polar surface area (TPSA) is 77.2 Å². The van der Waals surface area contributed by atoms with Crippen molar-refractivity contribution in [3.8, 4) is 0 Å². The molecule has 104 valence electrons. The van der Waals surface area contributed by atoms with Crippen LogP contribution in [0.15, 0.2) is 12.1 Å². The molecule has 1 amide bonds. The minimum Gasteiger partial charge on any atom is -0.384 e. The van der Waals surface area contributed by atoms with Crippen LogP contribution in [0.5, 0.6) is 0 Å². The number of hydrogen-bond donors (Lipinski definition) is 2. The van der Waals surface area contributed by atoms with Crippen LogP contribution >= 0.6 is 11.6 Å². The Balaban J connectivity index is 1.94. The van der Waals surface area contributed by atoms with E-state index in [4.69, 9.17) is 22.1 Å². The molecular formula is C13H18ClN3O2. The van der Waals surface area contributed by atoms with Gasteiger partial charge in [-0.2, -0.15) is 0 Å². The van der Waals surface area contributed by atoms with Gasteiger partial charge < -0.3 is 15.8 Å². The van der Waals surface area contributed by atoms with E-state index in [0.717, 1.165) is 19.4 Å². The Hall–Kier alpha value is -1.33. The zero-order valence-electron chi connectivity index (χ0n) is 10.9. The summed E-state index contributed by atoms with van der Waals surface area (Å²) >= 11 is 5.78. The van der Waals surface area contributed by atoms with Crippen molar-refractivity contribution in [1.82, 2.24) is 10.3 Å². The molecule has 0 bridgehead atoms. The van der Waals surface area contributed by atoms with Gasteiger partial charge in [-0.05, 0) is 25.0 Å². The van der Waals surface area contributed by atoms with Gasteiger partial charge in [0.1, 0.15) is 11.0 Å². The summed E-state index contributed by atoms with van der Waals surface area (Å²) in [7, 11) is 0. The van der Waals surface area contributed by atoms with Crippen LogP contribution in [-0.4, -0.2) is 30.1 Å². The van der Waals surface area contributed by atoms with Gasteiger partial charge in [0.25, 0.3) is 5.91 Å². The summed E-state index contributed by atoms with van der Waals surface area (Å²) in [5.41, 5.74) is 6.00. The molecule has 2 heterocycles. The molecule has 19 heavy (non-hydrogen) atoms. The van der Waals surface area contributed by atoms with Crippen LogP contribution in [0.25, 0.3) is 0 Å². The molecule has 1 saturated heterocycles. The quantitative estimate of drug-likeness (QED) is 0.827. The Bertz CT molecular complexity index is 447. The number of aromatic nitrogens is 1. The molecule has 0 aromatic carbocycles. The summed E-state index contributed by atoms with van der Waals surface area (Å²) < 4.78 is 5.59. The SMILES string of the molecule is CCC1OCCC1CNC(=O)c1cc(N)nc(Cl)c1. The lowest BCUT2D eigenvalue weighted by Gasteiger charge is -2.17. The maximum atomic E-state index is 12.0. The van der Waals surface area contributed by atoms with E-state index in [0.29, 0.717) is 18.0 Å². The van der Waals surface area contributed by atoms with Crippen LogP contribution in [-0.2, 0) is 4.74 Å². The van der Waals surface area contributed by atoms with Crippen molar-refractivity contribution in [3.63, 3.8) is 0 Å². The molecule has 5 nitrogen and oxygen atoms in total. The average molecular weight is 284 g/mol. The van der Waals surface area contributed by atoms with Gasteiger partial charge >= 0.3 is 0 Å². The molecular weight excluding hydrogens is 266 g/mol. The lowest BCUT2D eigenvalue weighted by atomic mass is 9.99. The number of amides is 1. The van der Waals surface area contributed by atoms with Crippen LogP contribution in [0.2, 0.25) is 5.15 Å². The minimum atomic E-state index is -0.183. The third-order valence-corrected chi connectivity index (χ3v) is 3.54. The van der Waals surface area contributed by atoms with Crippen LogP contribution in [0, 0.1) is 5.92 Å². The zero-order valence-corrected chi connectivity index (χ0v) is 11.6. The number of nitrogens with one attached hydrogen (secondary N) is 1. The van der Waals surface area contributed by atoms with E-state index in [1.165, 1.54) is 12.1 Å². The predicted octanol–water partition coefficient (Wildman–Crippen LogP) is 1.86. The number of pyridine rings is 1. The lowest BCUT2D eigenvalue weighted by Crippen LogP contribution is -2.32. The molecule has 0 spiro atoms. The maximum absolute atomic E-state index is 12.0. The van der Waals surface area contributed by atoms with Crippen molar-refractivity contribution in [3.05, 3.63) is 22.8 Å². The number of carbonyl (C=O) groups excluding carboxylic acids is 1. The fraction of sp³-hybridized carbons (Fsp3) is 0.538. The number of carbonyl (C=O) groups is 1. The van der Waals surface area contributed by atoms with Crippen molar-refractivity contribution >= 4 is 23.3 Å². The first-order chi connectivity index (χ1) is 9.10. The summed E-state index contributed by atoms with van der Waals surface area (Å²) in [6, 6.07) is 3.03. The Labute approximate surface area is 117 Å². The van der Waals surface area contributed by atoms with Gasteiger partial charge in [-0.15, -0.1) is 0 Å². The highest BCUT2D eigenvalue weighted by Crippen LogP contribution is 2.22. The largest absolute Gasteiger partial charge is 0.384 e. The Morgan fingerprint density at radius 2 is 2.42 bits per heavy atom. The van der Waals surface area contributed by atoms with E-state index in [2.05, 4.69) is 17.2 Å². The van der Waals surface area contributed by atoms with Gasteiger partial charge in [0.15, 0.2) is 0 Å². The van der Waals surface area contributed by atoms with Gasteiger partial charge in [0.05, 0.1) is 6.10 Å². The standard InChI is InChI=1S/C13H18ClN3O2/c1-2-10-8(3-4-19-10)7-16-13(18)9-5-11(14)17-12(15)6-9/h5-6,8,10H,2-4,7H2,1H3,(H2,15,17)(H,16,18). The van der Waals surface area contributed by atoms with Crippen molar-refractivity contribution < 1.29 is 9.53 Å². The van der Waals surface area contributed by atoms with Crippen LogP contribution < -0.4 is 11.1 Å². The molecule has 1 aromatic heterocycles. The third-order valence-electron chi connectivity index (χ3n) is 3.35. The summed E-state index contributed by atoms with van der Waals surface area (Å²) in [5, 5.41) is 3.12. The third kappa shape index (κ3) is 3.58. The molecule has 3 N–H and O–H groups in total.